The van der Waals surface area contributed by atoms with E-state index in [4.69, 9.17) is 4.52 Å². The molecule has 7 nitrogen and oxygen atoms in total. The Morgan fingerprint density at radius 1 is 0.973 bits per heavy atom. The quantitative estimate of drug-likeness (QED) is 0.377. The van der Waals surface area contributed by atoms with Crippen LogP contribution in [-0.4, -0.2) is 63.6 Å². The van der Waals surface area contributed by atoms with Gasteiger partial charge in [-0.25, -0.2) is 0 Å². The van der Waals surface area contributed by atoms with E-state index < -0.39 is 0 Å². The number of nitrogens with zero attached hydrogens (tertiary/aromatic N) is 5. The number of hydrogen-bond donors (Lipinski definition) is 0. The van der Waals surface area contributed by atoms with Gasteiger partial charge in [-0.3, -0.25) is 4.79 Å². The Bertz CT molecular complexity index is 1390. The first kappa shape index (κ1) is 25.0. The molecular formula is C30H35N5O2. The third-order valence-corrected chi connectivity index (χ3v) is 7.11. The fraction of sp³-hybridized carbons (Fsp3) is 0.367. The van der Waals surface area contributed by atoms with Crippen molar-refractivity contribution in [2.24, 2.45) is 0 Å². The fourth-order valence-corrected chi connectivity index (χ4v) is 4.67. The molecule has 0 aliphatic carbocycles. The predicted molar refractivity (Wildman–Crippen MR) is 146 cm³/mol. The van der Waals surface area contributed by atoms with E-state index in [1.807, 2.05) is 41.4 Å². The van der Waals surface area contributed by atoms with E-state index in [9.17, 15) is 4.79 Å². The maximum Gasteiger partial charge on any atom is 0.259 e. The topological polar surface area (TPSA) is 67.4 Å². The van der Waals surface area contributed by atoms with Crippen molar-refractivity contribution < 1.29 is 9.32 Å². The number of carbonyl (C=O) groups excluding carboxylic acids is 1. The zero-order valence-electron chi connectivity index (χ0n) is 22.4. The van der Waals surface area contributed by atoms with Crippen LogP contribution >= 0.6 is 0 Å². The monoisotopic (exact) mass is 497 g/mol. The van der Waals surface area contributed by atoms with Gasteiger partial charge >= 0.3 is 0 Å². The van der Waals surface area contributed by atoms with E-state index in [0.29, 0.717) is 18.3 Å². The summed E-state index contributed by atoms with van der Waals surface area (Å²) in [5.74, 6) is 1.18. The second kappa shape index (κ2) is 9.98. The van der Waals surface area contributed by atoms with Gasteiger partial charge in [-0.05, 0) is 48.7 Å². The molecule has 0 N–H and O–H groups in total. The van der Waals surface area contributed by atoms with Crippen molar-refractivity contribution in [1.29, 1.82) is 0 Å². The van der Waals surface area contributed by atoms with Crippen molar-refractivity contribution in [2.45, 2.75) is 39.7 Å². The van der Waals surface area contributed by atoms with Crippen molar-refractivity contribution in [3.8, 4) is 22.8 Å². The Morgan fingerprint density at radius 3 is 2.41 bits per heavy atom. The maximum absolute atomic E-state index is 13.0. The minimum atomic E-state index is 0.0960. The van der Waals surface area contributed by atoms with Crippen molar-refractivity contribution in [1.82, 2.24) is 24.5 Å². The number of piperazine rings is 1. The number of amides is 1. The Balaban J connectivity index is 1.30. The summed E-state index contributed by atoms with van der Waals surface area (Å²) in [6.45, 7) is 12.7. The van der Waals surface area contributed by atoms with E-state index >= 15 is 0 Å². The Kier molecular flexibility index (Phi) is 6.73. The molecular weight excluding hydrogens is 462 g/mol. The molecule has 2 aromatic carbocycles. The van der Waals surface area contributed by atoms with Gasteiger partial charge in [-0.2, -0.15) is 4.98 Å². The van der Waals surface area contributed by atoms with Crippen LogP contribution < -0.4 is 0 Å². The molecule has 0 spiro atoms. The molecule has 5 rings (SSSR count). The predicted octanol–water partition coefficient (Wildman–Crippen LogP) is 5.25. The molecule has 2 aromatic heterocycles. The molecule has 0 radical (unpaired) electrons. The lowest BCUT2D eigenvalue weighted by atomic mass is 9.87. The van der Waals surface area contributed by atoms with Crippen LogP contribution in [0.15, 0.2) is 65.3 Å². The molecule has 7 heteroatoms. The number of aromatic nitrogens is 3. The molecule has 4 aromatic rings. The summed E-state index contributed by atoms with van der Waals surface area (Å²) < 4.78 is 7.77. The molecule has 1 saturated heterocycles. The average Bonchev–Trinajstić information content (AvgIpc) is 3.51. The Labute approximate surface area is 218 Å². The second-order valence-electron chi connectivity index (χ2n) is 11.0. The lowest BCUT2D eigenvalue weighted by Gasteiger charge is -2.32. The van der Waals surface area contributed by atoms with Gasteiger partial charge in [0.2, 0.25) is 5.82 Å². The smallest absolute Gasteiger partial charge is 0.259 e. The van der Waals surface area contributed by atoms with Gasteiger partial charge in [0.1, 0.15) is 0 Å². The SMILES string of the molecule is Cc1cc(-c2nc(-c3ccc(C(C)(C)C)cc3)no2)cn1Cc1cccc(C(=O)N2CCN(C)CC2)c1. The summed E-state index contributed by atoms with van der Waals surface area (Å²) in [6.07, 6.45) is 2.03. The van der Waals surface area contributed by atoms with Crippen molar-refractivity contribution in [2.75, 3.05) is 33.2 Å². The molecule has 0 atom stereocenters. The second-order valence-corrected chi connectivity index (χ2v) is 11.0. The highest BCUT2D eigenvalue weighted by molar-refractivity contribution is 5.94. The Hall–Kier alpha value is -3.71. The third kappa shape index (κ3) is 5.52. The highest BCUT2D eigenvalue weighted by atomic mass is 16.5. The number of hydrogen-bond acceptors (Lipinski definition) is 5. The first-order chi connectivity index (χ1) is 17.7. The van der Waals surface area contributed by atoms with E-state index in [1.54, 1.807) is 0 Å². The van der Waals surface area contributed by atoms with Crippen molar-refractivity contribution in [3.63, 3.8) is 0 Å². The fourth-order valence-electron chi connectivity index (χ4n) is 4.67. The van der Waals surface area contributed by atoms with Crippen LogP contribution in [0.25, 0.3) is 22.8 Å². The molecule has 1 aliphatic heterocycles. The first-order valence-corrected chi connectivity index (χ1v) is 12.9. The summed E-state index contributed by atoms with van der Waals surface area (Å²) in [4.78, 5) is 21.9. The third-order valence-electron chi connectivity index (χ3n) is 7.11. The van der Waals surface area contributed by atoms with E-state index in [2.05, 4.69) is 78.6 Å². The number of carbonyl (C=O) groups is 1. The number of rotatable bonds is 5. The van der Waals surface area contributed by atoms with Crippen LogP contribution in [0, 0.1) is 6.92 Å². The van der Waals surface area contributed by atoms with Gasteiger partial charge in [0, 0.05) is 55.7 Å². The molecule has 0 saturated carbocycles. The average molecular weight is 498 g/mol. The maximum atomic E-state index is 13.0. The van der Waals surface area contributed by atoms with E-state index in [1.165, 1.54) is 5.56 Å². The summed E-state index contributed by atoms with van der Waals surface area (Å²) in [6, 6.07) is 18.3. The van der Waals surface area contributed by atoms with Gasteiger partial charge in [-0.15, -0.1) is 0 Å². The molecule has 0 bridgehead atoms. The summed E-state index contributed by atoms with van der Waals surface area (Å²) in [7, 11) is 2.09. The van der Waals surface area contributed by atoms with Gasteiger partial charge in [0.05, 0.1) is 5.56 Å². The van der Waals surface area contributed by atoms with Crippen LogP contribution in [-0.2, 0) is 12.0 Å². The zero-order valence-corrected chi connectivity index (χ0v) is 22.4. The number of benzene rings is 2. The Morgan fingerprint density at radius 2 is 1.70 bits per heavy atom. The highest BCUT2D eigenvalue weighted by Gasteiger charge is 2.21. The van der Waals surface area contributed by atoms with Crippen LogP contribution in [0.3, 0.4) is 0 Å². The van der Waals surface area contributed by atoms with Gasteiger partial charge in [-0.1, -0.05) is 62.3 Å². The summed E-state index contributed by atoms with van der Waals surface area (Å²) in [5.41, 5.74) is 6.08. The van der Waals surface area contributed by atoms with Gasteiger partial charge in [0.25, 0.3) is 11.8 Å². The van der Waals surface area contributed by atoms with Crippen molar-refractivity contribution in [3.05, 3.63) is 83.2 Å². The minimum Gasteiger partial charge on any atom is -0.347 e. The zero-order chi connectivity index (χ0) is 26.2. The van der Waals surface area contributed by atoms with Crippen LogP contribution in [0.1, 0.15) is 48.0 Å². The van der Waals surface area contributed by atoms with Gasteiger partial charge in [0.15, 0.2) is 0 Å². The number of likely N-dealkylation sites (N-methyl/N-ethyl adjacent to an activating group) is 1. The number of aryl methyl sites for hydroxylation is 1. The lowest BCUT2D eigenvalue weighted by Crippen LogP contribution is -2.47. The molecule has 3 heterocycles. The molecule has 1 amide bonds. The molecule has 1 fully saturated rings. The molecule has 37 heavy (non-hydrogen) atoms. The first-order valence-electron chi connectivity index (χ1n) is 12.9. The molecule has 0 unspecified atom stereocenters. The van der Waals surface area contributed by atoms with Crippen LogP contribution in [0.5, 0.6) is 0 Å². The summed E-state index contributed by atoms with van der Waals surface area (Å²) in [5, 5.41) is 4.22. The minimum absolute atomic E-state index is 0.0960. The molecule has 1 aliphatic rings. The van der Waals surface area contributed by atoms with Crippen LogP contribution in [0.4, 0.5) is 0 Å². The molecule has 192 valence electrons. The van der Waals surface area contributed by atoms with E-state index in [0.717, 1.165) is 54.1 Å². The van der Waals surface area contributed by atoms with E-state index in [-0.39, 0.29) is 11.3 Å². The largest absolute Gasteiger partial charge is 0.347 e. The standard InChI is InChI=1S/C30H35N5O2/c1-21-17-25(28-31-27(32-37-28)23-9-11-26(12-10-23)30(2,3)4)20-35(21)19-22-7-6-8-24(18-22)29(36)34-15-13-33(5)14-16-34/h6-12,17-18,20H,13-16,19H2,1-5H3. The lowest BCUT2D eigenvalue weighted by molar-refractivity contribution is 0.0664. The van der Waals surface area contributed by atoms with Crippen molar-refractivity contribution >= 4 is 5.91 Å². The van der Waals surface area contributed by atoms with Gasteiger partial charge < -0.3 is 18.9 Å². The summed E-state index contributed by atoms with van der Waals surface area (Å²) >= 11 is 0. The highest BCUT2D eigenvalue weighted by Crippen LogP contribution is 2.27. The van der Waals surface area contributed by atoms with Crippen LogP contribution in [0.2, 0.25) is 0 Å². The normalized spacial score (nSPS) is 14.8.